The molecule has 0 amide bonds. The minimum Gasteiger partial charge on any atom is -0.401 e. The maximum Gasteiger partial charge on any atom is 0.493 e. The van der Waals surface area contributed by atoms with Gasteiger partial charge in [-0.05, 0) is 27.7 Å². The van der Waals surface area contributed by atoms with E-state index in [0.717, 1.165) is 10.4 Å². The molecule has 0 radical (unpaired) electrons. The molecule has 0 bridgehead atoms. The second kappa shape index (κ2) is 6.68. The second-order valence-corrected chi connectivity index (χ2v) is 14.3. The van der Waals surface area contributed by atoms with Gasteiger partial charge in [-0.1, -0.05) is 77.6 Å². The zero-order valence-electron chi connectivity index (χ0n) is 15.9. The van der Waals surface area contributed by atoms with Crippen LogP contribution in [0, 0.1) is 0 Å². The maximum atomic E-state index is 7.15. The molecule has 0 saturated carbocycles. The van der Waals surface area contributed by atoms with Crippen LogP contribution in [-0.2, 0) is 9.31 Å². The summed E-state index contributed by atoms with van der Waals surface area (Å²) in [6, 6.07) is 20.5. The van der Waals surface area contributed by atoms with Gasteiger partial charge in [0.05, 0.1) is 11.2 Å². The SMILES string of the molecule is CC1(C)OB(C(Cl)(Cl)[Si](C)(c2ccccc2)c2ccccc2)OC1(C)C. The lowest BCUT2D eigenvalue weighted by atomic mass is 9.90. The Labute approximate surface area is 168 Å². The van der Waals surface area contributed by atoms with E-state index in [9.17, 15) is 0 Å². The monoisotopic (exact) mass is 406 g/mol. The highest BCUT2D eigenvalue weighted by Crippen LogP contribution is 2.46. The van der Waals surface area contributed by atoms with Gasteiger partial charge in [0, 0.05) is 0 Å². The Morgan fingerprint density at radius 1 is 0.769 bits per heavy atom. The molecule has 1 heterocycles. The van der Waals surface area contributed by atoms with Crippen molar-refractivity contribution in [1.29, 1.82) is 0 Å². The molecule has 2 nitrogen and oxygen atoms in total. The first-order chi connectivity index (χ1) is 12.0. The van der Waals surface area contributed by atoms with Crippen molar-refractivity contribution in [2.75, 3.05) is 0 Å². The van der Waals surface area contributed by atoms with E-state index in [2.05, 4.69) is 30.8 Å². The number of rotatable bonds is 4. The molecular weight excluding hydrogens is 382 g/mol. The highest BCUT2D eigenvalue weighted by molar-refractivity contribution is 7.19. The summed E-state index contributed by atoms with van der Waals surface area (Å²) >= 11 is 14.3. The third kappa shape index (κ3) is 3.06. The average Bonchev–Trinajstić information content (AvgIpc) is 2.84. The molecule has 1 aliphatic rings. The van der Waals surface area contributed by atoms with Gasteiger partial charge in [0.15, 0.2) is 11.9 Å². The minimum absolute atomic E-state index is 0.491. The molecule has 26 heavy (non-hydrogen) atoms. The van der Waals surface area contributed by atoms with Crippen LogP contribution < -0.4 is 10.4 Å². The van der Waals surface area contributed by atoms with Crippen molar-refractivity contribution >= 4 is 48.8 Å². The average molecular weight is 407 g/mol. The molecule has 0 N–H and O–H groups in total. The predicted molar refractivity (Wildman–Crippen MR) is 114 cm³/mol. The highest BCUT2D eigenvalue weighted by atomic mass is 35.5. The molecule has 2 aromatic carbocycles. The Kier molecular flexibility index (Phi) is 5.13. The van der Waals surface area contributed by atoms with Crippen LogP contribution in [0.15, 0.2) is 60.7 Å². The van der Waals surface area contributed by atoms with Gasteiger partial charge in [0.1, 0.15) is 0 Å². The second-order valence-electron chi connectivity index (χ2n) is 8.07. The van der Waals surface area contributed by atoms with E-state index in [4.69, 9.17) is 32.5 Å². The number of benzene rings is 2. The maximum absolute atomic E-state index is 7.15. The molecule has 3 rings (SSSR count). The van der Waals surface area contributed by atoms with Crippen molar-refractivity contribution < 1.29 is 9.31 Å². The number of alkyl halides is 2. The van der Waals surface area contributed by atoms with E-state index in [1.165, 1.54) is 0 Å². The van der Waals surface area contributed by atoms with Crippen molar-refractivity contribution in [2.24, 2.45) is 0 Å². The molecule has 0 aliphatic carbocycles. The topological polar surface area (TPSA) is 18.5 Å². The Hall–Kier alpha value is -0.778. The lowest BCUT2D eigenvalue weighted by Gasteiger charge is -2.40. The lowest BCUT2D eigenvalue weighted by molar-refractivity contribution is 0.00578. The molecule has 0 aromatic heterocycles. The summed E-state index contributed by atoms with van der Waals surface area (Å²) in [6.07, 6.45) is 0. The van der Waals surface area contributed by atoms with Crippen molar-refractivity contribution in [3.8, 4) is 0 Å². The fourth-order valence-corrected chi connectivity index (χ4v) is 8.22. The van der Waals surface area contributed by atoms with Crippen LogP contribution in [0.3, 0.4) is 0 Å². The Balaban J connectivity index is 2.14. The largest absolute Gasteiger partial charge is 0.493 e. The summed E-state index contributed by atoms with van der Waals surface area (Å²) in [4.78, 5) is 0. The van der Waals surface area contributed by atoms with Crippen molar-refractivity contribution in [3.05, 3.63) is 60.7 Å². The third-order valence-electron chi connectivity index (χ3n) is 5.92. The van der Waals surface area contributed by atoms with E-state index >= 15 is 0 Å². The summed E-state index contributed by atoms with van der Waals surface area (Å²) < 4.78 is 11.3. The highest BCUT2D eigenvalue weighted by Gasteiger charge is 2.66. The quantitative estimate of drug-likeness (QED) is 0.558. The van der Waals surface area contributed by atoms with E-state index in [-0.39, 0.29) is 0 Å². The molecule has 0 atom stereocenters. The molecule has 138 valence electrons. The van der Waals surface area contributed by atoms with Gasteiger partial charge in [0.25, 0.3) is 0 Å². The van der Waals surface area contributed by atoms with E-state index in [0.29, 0.717) is 0 Å². The fraction of sp³-hybridized carbons (Fsp3) is 0.400. The summed E-state index contributed by atoms with van der Waals surface area (Å²) in [5, 5.41) is 2.29. The standard InChI is InChI=1S/C20H25BCl2O2Si/c1-18(2)19(3,4)25-21(24-18)20(22,23)26(5,16-12-8-6-9-13-16)17-14-10-7-11-15-17/h6-15H,1-5H3. The summed E-state index contributed by atoms with van der Waals surface area (Å²) in [5.41, 5.74) is -0.981. The predicted octanol–water partition coefficient (Wildman–Crippen LogP) is 4.22. The van der Waals surface area contributed by atoms with Gasteiger partial charge in [-0.15, -0.1) is 23.2 Å². The number of halogens is 2. The fourth-order valence-electron chi connectivity index (χ4n) is 3.32. The Bertz CT molecular complexity index is 710. The first kappa shape index (κ1) is 20.0. The summed E-state index contributed by atoms with van der Waals surface area (Å²) in [6.45, 7) is 10.2. The zero-order chi connectivity index (χ0) is 19.2. The van der Waals surface area contributed by atoms with Gasteiger partial charge < -0.3 is 9.31 Å². The van der Waals surface area contributed by atoms with Gasteiger partial charge in [-0.3, -0.25) is 0 Å². The van der Waals surface area contributed by atoms with Crippen LogP contribution in [0.5, 0.6) is 0 Å². The van der Waals surface area contributed by atoms with Crippen molar-refractivity contribution in [3.63, 3.8) is 0 Å². The van der Waals surface area contributed by atoms with E-state index in [1.807, 2.05) is 64.1 Å². The summed E-state index contributed by atoms with van der Waals surface area (Å²) in [5.74, 6) is 0. The normalized spacial score (nSPS) is 19.6. The van der Waals surface area contributed by atoms with Crippen LogP contribution in [0.25, 0.3) is 0 Å². The minimum atomic E-state index is -2.64. The third-order valence-corrected chi connectivity index (χ3v) is 13.1. The molecule has 0 unspecified atom stereocenters. The molecular formula is C20H25BCl2O2Si. The molecule has 1 saturated heterocycles. The molecule has 2 aromatic rings. The van der Waals surface area contributed by atoms with Crippen LogP contribution >= 0.6 is 23.2 Å². The van der Waals surface area contributed by atoms with Crippen LogP contribution in [-0.4, -0.2) is 30.3 Å². The molecule has 0 spiro atoms. The van der Waals surface area contributed by atoms with Gasteiger partial charge in [-0.25, -0.2) is 0 Å². The molecule has 1 aliphatic heterocycles. The molecule has 6 heteroatoms. The van der Waals surface area contributed by atoms with Gasteiger partial charge in [-0.2, -0.15) is 0 Å². The van der Waals surface area contributed by atoms with Crippen LogP contribution in [0.1, 0.15) is 27.7 Å². The van der Waals surface area contributed by atoms with E-state index < -0.39 is 30.3 Å². The van der Waals surface area contributed by atoms with Crippen molar-refractivity contribution in [1.82, 2.24) is 0 Å². The Morgan fingerprint density at radius 3 is 1.46 bits per heavy atom. The van der Waals surface area contributed by atoms with Crippen molar-refractivity contribution in [2.45, 2.75) is 49.3 Å². The number of hydrogen-bond donors (Lipinski definition) is 0. The first-order valence-electron chi connectivity index (χ1n) is 8.87. The first-order valence-corrected chi connectivity index (χ1v) is 12.1. The van der Waals surface area contributed by atoms with Gasteiger partial charge in [0.2, 0.25) is 0 Å². The van der Waals surface area contributed by atoms with Crippen LogP contribution in [0.4, 0.5) is 0 Å². The van der Waals surface area contributed by atoms with Crippen LogP contribution in [0.2, 0.25) is 6.55 Å². The van der Waals surface area contributed by atoms with Gasteiger partial charge >= 0.3 is 7.12 Å². The number of hydrogen-bond acceptors (Lipinski definition) is 2. The smallest absolute Gasteiger partial charge is 0.401 e. The summed E-state index contributed by atoms with van der Waals surface area (Å²) in [7, 11) is -3.35. The zero-order valence-corrected chi connectivity index (χ0v) is 18.4. The molecule has 1 fully saturated rings. The van der Waals surface area contributed by atoms with E-state index in [1.54, 1.807) is 0 Å². The Morgan fingerprint density at radius 2 is 1.12 bits per heavy atom. The lowest BCUT2D eigenvalue weighted by Crippen LogP contribution is -2.72.